The van der Waals surface area contributed by atoms with E-state index in [1.165, 1.54) is 25.7 Å². The van der Waals surface area contributed by atoms with Crippen molar-refractivity contribution in [3.63, 3.8) is 0 Å². The zero-order chi connectivity index (χ0) is 11.4. The van der Waals surface area contributed by atoms with E-state index in [4.69, 9.17) is 10.5 Å². The topological polar surface area (TPSA) is 48.1 Å². The van der Waals surface area contributed by atoms with Crippen LogP contribution in [0.1, 0.15) is 37.3 Å². The lowest BCUT2D eigenvalue weighted by molar-refractivity contribution is 0.298. The maximum Gasteiger partial charge on any atom is 0.140 e. The van der Waals surface area contributed by atoms with Crippen molar-refractivity contribution in [1.82, 2.24) is 4.98 Å². The van der Waals surface area contributed by atoms with Crippen LogP contribution in [-0.4, -0.2) is 18.6 Å². The molecule has 3 nitrogen and oxygen atoms in total. The van der Waals surface area contributed by atoms with E-state index < -0.39 is 0 Å². The molecule has 0 radical (unpaired) electrons. The molecule has 88 valence electrons. The number of nitrogens with two attached hydrogens (primary N) is 1. The van der Waals surface area contributed by atoms with Crippen LogP contribution in [0.15, 0.2) is 18.3 Å². The van der Waals surface area contributed by atoms with E-state index in [1.54, 1.807) is 7.11 Å². The van der Waals surface area contributed by atoms with Gasteiger partial charge in [0.1, 0.15) is 5.75 Å². The Morgan fingerprint density at radius 2 is 2.25 bits per heavy atom. The fraction of sp³-hybridized carbons (Fsp3) is 0.615. The Balaban J connectivity index is 2.26. The van der Waals surface area contributed by atoms with Gasteiger partial charge >= 0.3 is 0 Å². The van der Waals surface area contributed by atoms with E-state index in [9.17, 15) is 0 Å². The second-order valence-corrected chi connectivity index (χ2v) is 4.48. The van der Waals surface area contributed by atoms with Crippen LogP contribution >= 0.6 is 0 Å². The van der Waals surface area contributed by atoms with E-state index in [2.05, 4.69) is 4.98 Å². The van der Waals surface area contributed by atoms with Crippen molar-refractivity contribution >= 4 is 0 Å². The fourth-order valence-corrected chi connectivity index (χ4v) is 2.70. The second-order valence-electron chi connectivity index (χ2n) is 4.48. The van der Waals surface area contributed by atoms with E-state index >= 15 is 0 Å². The Labute approximate surface area is 97.0 Å². The van der Waals surface area contributed by atoms with Crippen molar-refractivity contribution in [2.45, 2.75) is 31.6 Å². The molecule has 0 aliphatic heterocycles. The van der Waals surface area contributed by atoms with Gasteiger partial charge in [0.15, 0.2) is 0 Å². The molecule has 0 aromatic carbocycles. The summed E-state index contributed by atoms with van der Waals surface area (Å²) in [4.78, 5) is 4.49. The van der Waals surface area contributed by atoms with Gasteiger partial charge < -0.3 is 10.5 Å². The predicted molar refractivity (Wildman–Crippen MR) is 64.5 cm³/mol. The molecule has 0 amide bonds. The highest BCUT2D eigenvalue weighted by atomic mass is 16.5. The summed E-state index contributed by atoms with van der Waals surface area (Å²) in [7, 11) is 1.71. The molecule has 0 spiro atoms. The van der Waals surface area contributed by atoms with Crippen LogP contribution in [0.25, 0.3) is 0 Å². The van der Waals surface area contributed by atoms with Gasteiger partial charge in [0, 0.05) is 12.1 Å². The zero-order valence-electron chi connectivity index (χ0n) is 9.86. The number of nitrogens with zero attached hydrogens (tertiary/aromatic N) is 1. The third-order valence-corrected chi connectivity index (χ3v) is 3.58. The lowest BCUT2D eigenvalue weighted by Crippen LogP contribution is -2.26. The molecule has 1 heterocycles. The Bertz CT molecular complexity index is 340. The number of aromatic nitrogens is 1. The van der Waals surface area contributed by atoms with Gasteiger partial charge in [-0.2, -0.15) is 0 Å². The molecule has 2 unspecified atom stereocenters. The first-order chi connectivity index (χ1) is 7.86. The first-order valence-corrected chi connectivity index (χ1v) is 6.05. The normalized spacial score (nSPS) is 25.4. The smallest absolute Gasteiger partial charge is 0.140 e. The minimum absolute atomic E-state index is 0.481. The summed E-state index contributed by atoms with van der Waals surface area (Å²) in [6, 6.07) is 3.91. The quantitative estimate of drug-likeness (QED) is 0.850. The van der Waals surface area contributed by atoms with Crippen LogP contribution in [0.5, 0.6) is 5.75 Å². The van der Waals surface area contributed by atoms with E-state index in [-0.39, 0.29) is 0 Å². The van der Waals surface area contributed by atoms with E-state index in [0.717, 1.165) is 18.0 Å². The highest BCUT2D eigenvalue weighted by Crippen LogP contribution is 2.39. The molecule has 0 bridgehead atoms. The van der Waals surface area contributed by atoms with Crippen LogP contribution < -0.4 is 10.5 Å². The Kier molecular flexibility index (Phi) is 3.78. The molecule has 3 heteroatoms. The van der Waals surface area contributed by atoms with Crippen molar-refractivity contribution in [1.29, 1.82) is 0 Å². The third-order valence-electron chi connectivity index (χ3n) is 3.58. The van der Waals surface area contributed by atoms with Gasteiger partial charge in [-0.25, -0.2) is 0 Å². The summed E-state index contributed by atoms with van der Waals surface area (Å²) >= 11 is 0. The van der Waals surface area contributed by atoms with Crippen molar-refractivity contribution < 1.29 is 4.74 Å². The van der Waals surface area contributed by atoms with Crippen molar-refractivity contribution in [3.05, 3.63) is 24.0 Å². The molecule has 1 aliphatic carbocycles. The highest BCUT2D eigenvalue weighted by Gasteiger charge is 2.28. The average Bonchev–Trinajstić information content (AvgIpc) is 2.38. The standard InChI is InChI=1S/C13H20N2O/c1-16-12-7-4-8-15-13(12)11-6-3-2-5-10(11)9-14/h4,7-8,10-11H,2-3,5-6,9,14H2,1H3. The molecular weight excluding hydrogens is 200 g/mol. The number of ether oxygens (including phenoxy) is 1. The Morgan fingerprint density at radius 1 is 1.44 bits per heavy atom. The largest absolute Gasteiger partial charge is 0.495 e. The molecule has 1 aromatic heterocycles. The number of rotatable bonds is 3. The molecule has 2 N–H and O–H groups in total. The summed E-state index contributed by atoms with van der Waals surface area (Å²) in [6.07, 6.45) is 6.84. The van der Waals surface area contributed by atoms with Gasteiger partial charge in [0.05, 0.1) is 12.8 Å². The zero-order valence-corrected chi connectivity index (χ0v) is 9.86. The van der Waals surface area contributed by atoms with E-state index in [0.29, 0.717) is 11.8 Å². The minimum atomic E-state index is 0.481. The van der Waals surface area contributed by atoms with Crippen molar-refractivity contribution in [2.24, 2.45) is 11.7 Å². The van der Waals surface area contributed by atoms with Crippen LogP contribution in [0.3, 0.4) is 0 Å². The Morgan fingerprint density at radius 3 is 3.00 bits per heavy atom. The summed E-state index contributed by atoms with van der Waals surface area (Å²) in [6.45, 7) is 0.754. The van der Waals surface area contributed by atoms with Crippen LogP contribution in [-0.2, 0) is 0 Å². The molecule has 1 aliphatic rings. The van der Waals surface area contributed by atoms with Crippen LogP contribution in [0.4, 0.5) is 0 Å². The molecule has 2 rings (SSSR count). The predicted octanol–water partition coefficient (Wildman–Crippen LogP) is 2.32. The molecule has 16 heavy (non-hydrogen) atoms. The molecule has 2 atom stereocenters. The highest BCUT2D eigenvalue weighted by molar-refractivity contribution is 5.30. The second kappa shape index (κ2) is 5.30. The van der Waals surface area contributed by atoms with Crippen LogP contribution in [0, 0.1) is 5.92 Å². The van der Waals surface area contributed by atoms with Gasteiger partial charge in [-0.15, -0.1) is 0 Å². The summed E-state index contributed by atoms with van der Waals surface area (Å²) in [5.41, 5.74) is 6.95. The molecule has 1 saturated carbocycles. The van der Waals surface area contributed by atoms with Crippen LogP contribution in [0.2, 0.25) is 0 Å². The first-order valence-electron chi connectivity index (χ1n) is 6.05. The first kappa shape index (κ1) is 11.4. The molecular formula is C13H20N2O. The lowest BCUT2D eigenvalue weighted by Gasteiger charge is -2.30. The van der Waals surface area contributed by atoms with Gasteiger partial charge in [-0.3, -0.25) is 4.98 Å². The summed E-state index contributed by atoms with van der Waals surface area (Å²) in [5.74, 6) is 1.96. The number of methoxy groups -OCH3 is 1. The van der Waals surface area contributed by atoms with Crippen molar-refractivity contribution in [3.8, 4) is 5.75 Å². The number of pyridine rings is 1. The fourth-order valence-electron chi connectivity index (χ4n) is 2.70. The van der Waals surface area contributed by atoms with Crippen molar-refractivity contribution in [2.75, 3.05) is 13.7 Å². The van der Waals surface area contributed by atoms with E-state index in [1.807, 2.05) is 18.3 Å². The molecule has 1 fully saturated rings. The number of hydrogen-bond acceptors (Lipinski definition) is 3. The van der Waals surface area contributed by atoms with Gasteiger partial charge in [0.25, 0.3) is 0 Å². The average molecular weight is 220 g/mol. The minimum Gasteiger partial charge on any atom is -0.495 e. The maximum absolute atomic E-state index is 5.85. The SMILES string of the molecule is COc1cccnc1C1CCCCC1CN. The lowest BCUT2D eigenvalue weighted by atomic mass is 9.77. The number of hydrogen-bond donors (Lipinski definition) is 1. The third kappa shape index (κ3) is 2.19. The van der Waals surface area contributed by atoms with Gasteiger partial charge in [-0.05, 0) is 37.4 Å². The molecule has 1 aromatic rings. The monoisotopic (exact) mass is 220 g/mol. The van der Waals surface area contributed by atoms with Gasteiger partial charge in [0.2, 0.25) is 0 Å². The summed E-state index contributed by atoms with van der Waals surface area (Å²) in [5, 5.41) is 0. The Hall–Kier alpha value is -1.09. The maximum atomic E-state index is 5.85. The van der Waals surface area contributed by atoms with Gasteiger partial charge in [-0.1, -0.05) is 12.8 Å². The molecule has 0 saturated heterocycles. The summed E-state index contributed by atoms with van der Waals surface area (Å²) < 4.78 is 5.39.